The van der Waals surface area contributed by atoms with Gasteiger partial charge in [-0.1, -0.05) is 81.4 Å². The summed E-state index contributed by atoms with van der Waals surface area (Å²) in [5, 5.41) is 24.6. The minimum Gasteiger partial charge on any atom is -0.405 e. The third-order valence-corrected chi connectivity index (χ3v) is 11.4. The minimum atomic E-state index is -5.17. The lowest BCUT2D eigenvalue weighted by molar-refractivity contribution is -0.263. The molecule has 2 aromatic rings. The molecule has 1 heterocycles. The minimum absolute atomic E-state index is 0.175. The number of hydrogen-bond acceptors (Lipinski definition) is 6. The molecule has 0 unspecified atom stereocenters. The molecule has 36 heavy (non-hydrogen) atoms. The highest BCUT2D eigenvalue weighted by molar-refractivity contribution is 6.99. The van der Waals surface area contributed by atoms with Crippen LogP contribution in [0.1, 0.15) is 20.8 Å². The zero-order valence-electron chi connectivity index (χ0n) is 20.5. The number of rotatable bonds is 7. The van der Waals surface area contributed by atoms with E-state index in [4.69, 9.17) is 13.9 Å². The van der Waals surface area contributed by atoms with Crippen LogP contribution in [0, 0.1) is 0 Å². The van der Waals surface area contributed by atoms with Crippen LogP contribution < -0.4 is 15.7 Å². The van der Waals surface area contributed by atoms with Crippen LogP contribution in [0.3, 0.4) is 0 Å². The van der Waals surface area contributed by atoms with E-state index in [9.17, 15) is 28.2 Å². The van der Waals surface area contributed by atoms with Gasteiger partial charge in [0.15, 0.2) is 6.29 Å². The topological polar surface area (TPSA) is 97.2 Å². The number of nitrogens with one attached hydrogen (secondary N) is 1. The Bertz CT molecular complexity index is 961. The largest absolute Gasteiger partial charge is 0.471 e. The van der Waals surface area contributed by atoms with Gasteiger partial charge in [-0.05, 0) is 15.4 Å². The van der Waals surface area contributed by atoms with Gasteiger partial charge in [0.1, 0.15) is 24.4 Å². The molecule has 7 nitrogen and oxygen atoms in total. The Kier molecular flexibility index (Phi) is 8.64. The molecule has 1 fully saturated rings. The van der Waals surface area contributed by atoms with Crippen molar-refractivity contribution in [3.8, 4) is 0 Å². The summed E-state index contributed by atoms with van der Waals surface area (Å²) in [4.78, 5) is 11.5. The van der Waals surface area contributed by atoms with Crippen LogP contribution in [0.25, 0.3) is 0 Å². The molecular formula is C25H32F3NO6Si. The van der Waals surface area contributed by atoms with E-state index in [0.29, 0.717) is 0 Å². The average Bonchev–Trinajstić information content (AvgIpc) is 2.83. The number of carbonyl (C=O) groups is 1. The lowest BCUT2D eigenvalue weighted by Gasteiger charge is -2.46. The summed E-state index contributed by atoms with van der Waals surface area (Å²) in [7, 11) is -1.85. The summed E-state index contributed by atoms with van der Waals surface area (Å²) < 4.78 is 55.8. The summed E-state index contributed by atoms with van der Waals surface area (Å²) in [6, 6.07) is 17.8. The van der Waals surface area contributed by atoms with Crippen LogP contribution in [0.15, 0.2) is 60.7 Å². The maximum absolute atomic E-state index is 12.8. The zero-order valence-corrected chi connectivity index (χ0v) is 21.5. The van der Waals surface area contributed by atoms with Crippen molar-refractivity contribution in [1.82, 2.24) is 5.32 Å². The van der Waals surface area contributed by atoms with Crippen molar-refractivity contribution in [2.24, 2.45) is 0 Å². The highest BCUT2D eigenvalue weighted by Crippen LogP contribution is 2.37. The SMILES string of the molecule is CO[C@H]1O[C@H](CO[Si](c2ccccc2)(c2ccccc2)C(C)(C)C)[C@@H](O)[C@H](O)[C@H]1NC(=O)C(F)(F)F. The van der Waals surface area contributed by atoms with Crippen LogP contribution in [0.5, 0.6) is 0 Å². The van der Waals surface area contributed by atoms with Gasteiger partial charge in [0.25, 0.3) is 8.32 Å². The molecule has 0 aliphatic carbocycles. The fourth-order valence-corrected chi connectivity index (χ4v) is 9.20. The van der Waals surface area contributed by atoms with Crippen LogP contribution in [-0.4, -0.2) is 75.0 Å². The molecule has 0 spiro atoms. The Balaban J connectivity index is 1.92. The fraction of sp³-hybridized carbons (Fsp3) is 0.480. The molecule has 1 amide bonds. The first-order chi connectivity index (χ1) is 16.8. The Hall–Kier alpha value is -2.28. The summed E-state index contributed by atoms with van der Waals surface area (Å²) in [5.74, 6) is -2.27. The third-order valence-electron chi connectivity index (χ3n) is 6.37. The van der Waals surface area contributed by atoms with Crippen molar-refractivity contribution in [2.75, 3.05) is 13.7 Å². The van der Waals surface area contributed by atoms with E-state index in [1.807, 2.05) is 60.7 Å². The molecular weight excluding hydrogens is 495 g/mol. The molecule has 1 aliphatic rings. The third kappa shape index (κ3) is 5.66. The summed E-state index contributed by atoms with van der Waals surface area (Å²) in [6.45, 7) is 6.01. The van der Waals surface area contributed by atoms with Gasteiger partial charge in [0.05, 0.1) is 6.61 Å². The first-order valence-electron chi connectivity index (χ1n) is 11.5. The molecule has 0 aromatic heterocycles. The van der Waals surface area contributed by atoms with E-state index in [1.165, 1.54) is 7.11 Å². The molecule has 2 aromatic carbocycles. The van der Waals surface area contributed by atoms with Gasteiger partial charge in [-0.25, -0.2) is 0 Å². The van der Waals surface area contributed by atoms with Crippen molar-refractivity contribution in [3.05, 3.63) is 60.7 Å². The normalized spacial score (nSPS) is 25.4. The Morgan fingerprint density at radius 2 is 1.47 bits per heavy atom. The summed E-state index contributed by atoms with van der Waals surface area (Å²) >= 11 is 0. The number of alkyl halides is 3. The van der Waals surface area contributed by atoms with Crippen molar-refractivity contribution >= 4 is 24.6 Å². The van der Waals surface area contributed by atoms with Gasteiger partial charge in [0.2, 0.25) is 0 Å². The van der Waals surface area contributed by atoms with Crippen LogP contribution in [0.4, 0.5) is 13.2 Å². The Morgan fingerprint density at radius 3 is 1.89 bits per heavy atom. The van der Waals surface area contributed by atoms with Crippen LogP contribution in [-0.2, 0) is 18.7 Å². The number of methoxy groups -OCH3 is 1. The monoisotopic (exact) mass is 527 g/mol. The van der Waals surface area contributed by atoms with Crippen LogP contribution in [0.2, 0.25) is 5.04 Å². The van der Waals surface area contributed by atoms with E-state index in [1.54, 1.807) is 5.32 Å². The maximum atomic E-state index is 12.8. The van der Waals surface area contributed by atoms with E-state index >= 15 is 0 Å². The number of benzene rings is 2. The first kappa shape index (κ1) is 28.3. The van der Waals surface area contributed by atoms with E-state index in [0.717, 1.165) is 10.4 Å². The molecule has 5 atom stereocenters. The Labute approximate surface area is 209 Å². The number of hydrogen-bond donors (Lipinski definition) is 3. The number of amides is 1. The lowest BCUT2D eigenvalue weighted by Crippen LogP contribution is -2.69. The number of halogens is 3. The smallest absolute Gasteiger partial charge is 0.405 e. The molecule has 0 radical (unpaired) electrons. The number of aliphatic hydroxyl groups is 2. The first-order valence-corrected chi connectivity index (χ1v) is 13.4. The molecule has 0 bridgehead atoms. The van der Waals surface area contributed by atoms with Crippen molar-refractivity contribution < 1.29 is 42.1 Å². The van der Waals surface area contributed by atoms with Crippen molar-refractivity contribution in [2.45, 2.75) is 62.6 Å². The molecule has 1 aliphatic heterocycles. The molecule has 198 valence electrons. The summed E-state index contributed by atoms with van der Waals surface area (Å²) in [5.41, 5.74) is 0. The van der Waals surface area contributed by atoms with E-state index in [-0.39, 0.29) is 11.6 Å². The molecule has 1 saturated heterocycles. The maximum Gasteiger partial charge on any atom is 0.471 e. The van der Waals surface area contributed by atoms with Crippen molar-refractivity contribution in [3.63, 3.8) is 0 Å². The highest BCUT2D eigenvalue weighted by Gasteiger charge is 2.53. The quantitative estimate of drug-likeness (QED) is 0.475. The van der Waals surface area contributed by atoms with E-state index < -0.39 is 51.0 Å². The average molecular weight is 528 g/mol. The fourth-order valence-electron chi connectivity index (χ4n) is 4.63. The predicted molar refractivity (Wildman–Crippen MR) is 129 cm³/mol. The van der Waals surface area contributed by atoms with Gasteiger partial charge >= 0.3 is 12.1 Å². The molecule has 3 N–H and O–H groups in total. The Morgan fingerprint density at radius 1 is 0.972 bits per heavy atom. The second kappa shape index (κ2) is 11.0. The molecule has 0 saturated carbocycles. The van der Waals surface area contributed by atoms with Gasteiger partial charge in [-0.15, -0.1) is 0 Å². The molecule has 11 heteroatoms. The zero-order chi connectivity index (χ0) is 26.7. The van der Waals surface area contributed by atoms with Gasteiger partial charge in [0, 0.05) is 7.11 Å². The van der Waals surface area contributed by atoms with Crippen LogP contribution >= 0.6 is 0 Å². The van der Waals surface area contributed by atoms with E-state index in [2.05, 4.69) is 20.8 Å². The predicted octanol–water partition coefficient (Wildman–Crippen LogP) is 1.70. The standard InChI is InChI=1S/C25H32F3NO6Si/c1-24(2,3)36(16-11-7-5-8-12-16,17-13-9-6-10-14-17)34-15-18-20(30)21(31)19(22(33-4)35-18)29-23(32)25(26,27)28/h5-14,18-22,30-31H,15H2,1-4H3,(H,29,32)/t18-,19-,20-,21-,22+/m1/s1. The second-order valence-electron chi connectivity index (χ2n) is 9.73. The lowest BCUT2D eigenvalue weighted by atomic mass is 9.97. The number of ether oxygens (including phenoxy) is 2. The van der Waals surface area contributed by atoms with Gasteiger partial charge < -0.3 is 29.4 Å². The van der Waals surface area contributed by atoms with Gasteiger partial charge in [-0.2, -0.15) is 13.2 Å². The second-order valence-corrected chi connectivity index (χ2v) is 14.0. The van der Waals surface area contributed by atoms with Crippen molar-refractivity contribution in [1.29, 1.82) is 0 Å². The summed E-state index contributed by atoms with van der Waals surface area (Å²) in [6.07, 6.45) is -11.2. The number of aliphatic hydroxyl groups excluding tert-OH is 2. The van der Waals surface area contributed by atoms with Gasteiger partial charge in [-0.3, -0.25) is 4.79 Å². The highest BCUT2D eigenvalue weighted by atomic mass is 28.4. The molecule has 3 rings (SSSR count). The number of carbonyl (C=O) groups excluding carboxylic acids is 1.